The van der Waals surface area contributed by atoms with Crippen LogP contribution >= 0.6 is 0 Å². The lowest BCUT2D eigenvalue weighted by Gasteiger charge is -2.03. The second kappa shape index (κ2) is 5.50. The van der Waals surface area contributed by atoms with Gasteiger partial charge in [-0.2, -0.15) is 5.10 Å². The summed E-state index contributed by atoms with van der Waals surface area (Å²) in [4.78, 5) is 11.1. The number of aryl methyl sites for hydroxylation is 1. The van der Waals surface area contributed by atoms with E-state index in [-0.39, 0.29) is 5.48 Å². The average molecular weight is 213 g/mol. The number of carbonyl (C=O) groups excluding carboxylic acids is 1. The maximum Gasteiger partial charge on any atom is 0.269 e. The first-order valence-electron chi connectivity index (χ1n) is 4.97. The van der Waals surface area contributed by atoms with Crippen molar-refractivity contribution < 1.29 is 10.3 Å². The van der Waals surface area contributed by atoms with Crippen molar-refractivity contribution >= 4 is 5.91 Å². The van der Waals surface area contributed by atoms with Crippen LogP contribution in [0.25, 0.3) is 0 Å². The van der Waals surface area contributed by atoms with E-state index in [0.717, 1.165) is 30.6 Å². The van der Waals surface area contributed by atoms with Gasteiger partial charge in [-0.25, -0.2) is 0 Å². The normalized spacial score (nSPS) is 9.80. The predicted molar refractivity (Wildman–Crippen MR) is 58.8 cm³/mol. The summed E-state index contributed by atoms with van der Waals surface area (Å²) < 4.78 is 1.88. The van der Waals surface area contributed by atoms with Gasteiger partial charge in [0.15, 0.2) is 5.69 Å². The van der Waals surface area contributed by atoms with Crippen LogP contribution in [0.4, 0.5) is 0 Å². The summed E-state index contributed by atoms with van der Waals surface area (Å²) in [6, 6.07) is 0. The minimum Gasteiger partial charge on any atom is -0.412 e. The minimum atomic E-state index is -0.438. The van der Waals surface area contributed by atoms with Gasteiger partial charge in [0.25, 0.3) is 5.91 Å². The lowest BCUT2D eigenvalue weighted by atomic mass is 10.1. The van der Waals surface area contributed by atoms with E-state index in [4.69, 9.17) is 5.73 Å². The molecule has 1 heterocycles. The number of hydrogen-bond donors (Lipinski definition) is 1. The van der Waals surface area contributed by atoms with Crippen molar-refractivity contribution in [3.63, 3.8) is 0 Å². The molecule has 5 nitrogen and oxygen atoms in total. The molecule has 0 atom stereocenters. The second-order valence-electron chi connectivity index (χ2n) is 3.36. The molecular weight excluding hydrogens is 194 g/mol. The molecule has 0 fully saturated rings. The van der Waals surface area contributed by atoms with Crippen LogP contribution in [0.15, 0.2) is 0 Å². The van der Waals surface area contributed by atoms with Gasteiger partial charge in [0, 0.05) is 17.8 Å². The van der Waals surface area contributed by atoms with E-state index in [1.54, 1.807) is 0 Å². The Balaban J connectivity index is 0.00000196. The zero-order valence-electron chi connectivity index (χ0n) is 9.50. The quantitative estimate of drug-likeness (QED) is 0.785. The van der Waals surface area contributed by atoms with Crippen molar-refractivity contribution in [1.82, 2.24) is 9.78 Å². The molecule has 0 saturated carbocycles. The second-order valence-corrected chi connectivity index (χ2v) is 3.36. The molecule has 0 aliphatic rings. The summed E-state index contributed by atoms with van der Waals surface area (Å²) in [6.07, 6.45) is 1.89. The highest BCUT2D eigenvalue weighted by Gasteiger charge is 2.15. The Bertz CT molecular complexity index is 345. The van der Waals surface area contributed by atoms with Gasteiger partial charge in [-0.05, 0) is 19.8 Å². The number of nitrogens with two attached hydrogens (primary N) is 1. The van der Waals surface area contributed by atoms with Gasteiger partial charge in [-0.3, -0.25) is 9.48 Å². The van der Waals surface area contributed by atoms with Gasteiger partial charge in [-0.1, -0.05) is 13.8 Å². The fourth-order valence-corrected chi connectivity index (χ4v) is 1.66. The topological polar surface area (TPSA) is 92.4 Å². The summed E-state index contributed by atoms with van der Waals surface area (Å²) in [5, 5.41) is 4.21. The SMILES string of the molecule is CCCn1nc(C(N)=O)c(C)c1CC.O. The highest BCUT2D eigenvalue weighted by molar-refractivity contribution is 5.92. The van der Waals surface area contributed by atoms with Gasteiger partial charge >= 0.3 is 0 Å². The van der Waals surface area contributed by atoms with Crippen molar-refractivity contribution in [3.8, 4) is 0 Å². The maximum absolute atomic E-state index is 11.1. The lowest BCUT2D eigenvalue weighted by molar-refractivity contribution is 0.0994. The molecule has 0 aromatic carbocycles. The summed E-state index contributed by atoms with van der Waals surface area (Å²) in [6.45, 7) is 6.89. The predicted octanol–water partition coefficient (Wildman–Crippen LogP) is 0.438. The molecule has 1 aromatic rings. The molecule has 15 heavy (non-hydrogen) atoms. The molecule has 0 unspecified atom stereocenters. The molecule has 4 N–H and O–H groups in total. The largest absolute Gasteiger partial charge is 0.412 e. The van der Waals surface area contributed by atoms with Crippen molar-refractivity contribution in [1.29, 1.82) is 0 Å². The van der Waals surface area contributed by atoms with Gasteiger partial charge in [-0.15, -0.1) is 0 Å². The van der Waals surface area contributed by atoms with Crippen LogP contribution in [0.2, 0.25) is 0 Å². The number of aromatic nitrogens is 2. The number of rotatable bonds is 4. The van der Waals surface area contributed by atoms with Gasteiger partial charge in [0.1, 0.15) is 0 Å². The van der Waals surface area contributed by atoms with Crippen LogP contribution in [0, 0.1) is 6.92 Å². The van der Waals surface area contributed by atoms with E-state index in [1.807, 2.05) is 11.6 Å². The summed E-state index contributed by atoms with van der Waals surface area (Å²) in [5.41, 5.74) is 7.68. The number of primary amides is 1. The number of amides is 1. The smallest absolute Gasteiger partial charge is 0.269 e. The van der Waals surface area contributed by atoms with Crippen LogP contribution in [0.1, 0.15) is 42.0 Å². The molecule has 1 aromatic heterocycles. The first-order valence-corrected chi connectivity index (χ1v) is 4.97. The van der Waals surface area contributed by atoms with Crippen molar-refractivity contribution in [2.45, 2.75) is 40.2 Å². The Hall–Kier alpha value is -1.36. The van der Waals surface area contributed by atoms with E-state index >= 15 is 0 Å². The van der Waals surface area contributed by atoms with Crippen LogP contribution in [-0.4, -0.2) is 21.2 Å². The maximum atomic E-state index is 11.1. The van der Waals surface area contributed by atoms with E-state index in [2.05, 4.69) is 18.9 Å². The van der Waals surface area contributed by atoms with E-state index in [1.165, 1.54) is 0 Å². The average Bonchev–Trinajstić information content (AvgIpc) is 2.43. The third-order valence-electron chi connectivity index (χ3n) is 2.32. The fraction of sp³-hybridized carbons (Fsp3) is 0.600. The molecular formula is C10H19N3O2. The monoisotopic (exact) mass is 213 g/mol. The Labute approximate surface area is 89.6 Å². The molecule has 0 aliphatic carbocycles. The Kier molecular flexibility index (Phi) is 5.00. The summed E-state index contributed by atoms with van der Waals surface area (Å²) in [5.74, 6) is -0.438. The van der Waals surface area contributed by atoms with E-state index in [0.29, 0.717) is 5.69 Å². The number of nitrogens with zero attached hydrogens (tertiary/aromatic N) is 2. The molecule has 86 valence electrons. The minimum absolute atomic E-state index is 0. The highest BCUT2D eigenvalue weighted by atomic mass is 16.1. The Morgan fingerprint density at radius 2 is 2.07 bits per heavy atom. The van der Waals surface area contributed by atoms with Gasteiger partial charge in [0.2, 0.25) is 0 Å². The fourth-order valence-electron chi connectivity index (χ4n) is 1.66. The first kappa shape index (κ1) is 13.6. The highest BCUT2D eigenvalue weighted by Crippen LogP contribution is 2.13. The number of carbonyl (C=O) groups is 1. The van der Waals surface area contributed by atoms with E-state index in [9.17, 15) is 4.79 Å². The lowest BCUT2D eigenvalue weighted by Crippen LogP contribution is -2.13. The summed E-state index contributed by atoms with van der Waals surface area (Å²) in [7, 11) is 0. The number of hydrogen-bond acceptors (Lipinski definition) is 2. The van der Waals surface area contributed by atoms with Gasteiger partial charge in [0.05, 0.1) is 0 Å². The molecule has 0 spiro atoms. The Morgan fingerprint density at radius 1 is 1.47 bits per heavy atom. The third kappa shape index (κ3) is 2.56. The summed E-state index contributed by atoms with van der Waals surface area (Å²) >= 11 is 0. The van der Waals surface area contributed by atoms with Crippen LogP contribution in [-0.2, 0) is 13.0 Å². The zero-order valence-corrected chi connectivity index (χ0v) is 9.50. The van der Waals surface area contributed by atoms with Crippen molar-refractivity contribution in [2.75, 3.05) is 0 Å². The molecule has 0 saturated heterocycles. The molecule has 0 bridgehead atoms. The van der Waals surface area contributed by atoms with E-state index < -0.39 is 5.91 Å². The molecule has 1 amide bonds. The molecule has 5 heteroatoms. The van der Waals surface area contributed by atoms with Gasteiger partial charge < -0.3 is 11.2 Å². The standard InChI is InChI=1S/C10H17N3O.H2O/c1-4-6-13-8(5-2)7(3)9(12-13)10(11)14;/h4-6H2,1-3H3,(H2,11,14);1H2. The van der Waals surface area contributed by atoms with Crippen LogP contribution < -0.4 is 5.73 Å². The van der Waals surface area contributed by atoms with Crippen LogP contribution in [0.3, 0.4) is 0 Å². The Morgan fingerprint density at radius 3 is 2.47 bits per heavy atom. The molecule has 0 aliphatic heterocycles. The third-order valence-corrected chi connectivity index (χ3v) is 2.32. The van der Waals surface area contributed by atoms with Crippen LogP contribution in [0.5, 0.6) is 0 Å². The molecule has 1 rings (SSSR count). The first-order chi connectivity index (χ1) is 6.61. The van der Waals surface area contributed by atoms with Crippen molar-refractivity contribution in [3.05, 3.63) is 17.0 Å². The zero-order chi connectivity index (χ0) is 10.7. The molecule has 0 radical (unpaired) electrons. The van der Waals surface area contributed by atoms with Crippen molar-refractivity contribution in [2.24, 2.45) is 5.73 Å².